The highest BCUT2D eigenvalue weighted by Crippen LogP contribution is 2.30. The van der Waals surface area contributed by atoms with Crippen molar-refractivity contribution in [3.05, 3.63) is 0 Å². The average molecular weight is 214 g/mol. The van der Waals surface area contributed by atoms with Gasteiger partial charge in [-0.15, -0.1) is 0 Å². The first-order valence-electron chi connectivity index (χ1n) is 5.18. The molecule has 0 aromatic carbocycles. The molecule has 0 aromatic heterocycles. The second-order valence-corrected chi connectivity index (χ2v) is 4.42. The molecule has 1 rings (SSSR count). The second-order valence-electron chi connectivity index (χ2n) is 4.42. The average Bonchev–Trinajstić information content (AvgIpc) is 2.16. The van der Waals surface area contributed by atoms with Gasteiger partial charge < -0.3 is 15.7 Å². The van der Waals surface area contributed by atoms with E-state index in [9.17, 15) is 9.59 Å². The zero-order valence-electron chi connectivity index (χ0n) is 9.03. The van der Waals surface area contributed by atoms with Gasteiger partial charge in [0.2, 0.25) is 5.91 Å². The molecule has 1 fully saturated rings. The monoisotopic (exact) mass is 214 g/mol. The SMILES string of the molecule is CC1(C(=O)O)CCN(CCC(N)=O)CC1. The lowest BCUT2D eigenvalue weighted by Crippen LogP contribution is -2.43. The van der Waals surface area contributed by atoms with E-state index in [4.69, 9.17) is 10.8 Å². The van der Waals surface area contributed by atoms with E-state index >= 15 is 0 Å². The van der Waals surface area contributed by atoms with Gasteiger partial charge in [0.1, 0.15) is 0 Å². The highest BCUT2D eigenvalue weighted by atomic mass is 16.4. The minimum absolute atomic E-state index is 0.304. The molecular weight excluding hydrogens is 196 g/mol. The van der Waals surface area contributed by atoms with Crippen molar-refractivity contribution in [1.82, 2.24) is 4.90 Å². The summed E-state index contributed by atoms with van der Waals surface area (Å²) in [6.45, 7) is 3.89. The van der Waals surface area contributed by atoms with E-state index in [1.807, 2.05) is 0 Å². The number of nitrogens with zero attached hydrogens (tertiary/aromatic N) is 1. The number of rotatable bonds is 4. The van der Waals surface area contributed by atoms with Crippen LogP contribution in [0.2, 0.25) is 0 Å². The lowest BCUT2D eigenvalue weighted by atomic mass is 9.80. The molecule has 15 heavy (non-hydrogen) atoms. The molecule has 0 unspecified atom stereocenters. The molecule has 0 atom stereocenters. The van der Waals surface area contributed by atoms with Crippen molar-refractivity contribution >= 4 is 11.9 Å². The molecule has 0 aromatic rings. The van der Waals surface area contributed by atoms with Gasteiger partial charge in [-0.3, -0.25) is 9.59 Å². The van der Waals surface area contributed by atoms with Gasteiger partial charge in [-0.1, -0.05) is 0 Å². The van der Waals surface area contributed by atoms with Crippen LogP contribution in [0, 0.1) is 5.41 Å². The van der Waals surface area contributed by atoms with E-state index in [0.29, 0.717) is 25.8 Å². The Bertz CT molecular complexity index is 257. The molecular formula is C10H18N2O3. The van der Waals surface area contributed by atoms with Crippen molar-refractivity contribution < 1.29 is 14.7 Å². The summed E-state index contributed by atoms with van der Waals surface area (Å²) in [7, 11) is 0. The Kier molecular flexibility index (Phi) is 3.68. The van der Waals surface area contributed by atoms with Crippen LogP contribution in [0.1, 0.15) is 26.2 Å². The second kappa shape index (κ2) is 4.61. The van der Waals surface area contributed by atoms with Crippen LogP contribution in [0.3, 0.4) is 0 Å². The highest BCUT2D eigenvalue weighted by Gasteiger charge is 2.36. The Morgan fingerprint density at radius 2 is 1.93 bits per heavy atom. The van der Waals surface area contributed by atoms with Crippen LogP contribution in [-0.2, 0) is 9.59 Å². The first kappa shape index (κ1) is 12.0. The Morgan fingerprint density at radius 3 is 2.33 bits per heavy atom. The fourth-order valence-electron chi connectivity index (χ4n) is 1.75. The predicted molar refractivity (Wildman–Crippen MR) is 55.2 cm³/mol. The maximum atomic E-state index is 11.0. The standard InChI is InChI=1S/C10H18N2O3/c1-10(9(14)15)3-6-12(7-4-10)5-2-8(11)13/h2-7H2,1H3,(H2,11,13)(H,14,15). The molecule has 1 heterocycles. The van der Waals surface area contributed by atoms with Gasteiger partial charge in [0.15, 0.2) is 0 Å². The number of nitrogens with two attached hydrogens (primary N) is 1. The van der Waals surface area contributed by atoms with Crippen LogP contribution >= 0.6 is 0 Å². The van der Waals surface area contributed by atoms with Crippen molar-refractivity contribution in [1.29, 1.82) is 0 Å². The molecule has 1 amide bonds. The molecule has 5 heteroatoms. The third-order valence-electron chi connectivity index (χ3n) is 3.15. The molecule has 0 radical (unpaired) electrons. The van der Waals surface area contributed by atoms with E-state index in [0.717, 1.165) is 13.1 Å². The number of hydrogen-bond acceptors (Lipinski definition) is 3. The lowest BCUT2D eigenvalue weighted by molar-refractivity contribution is -0.150. The van der Waals surface area contributed by atoms with E-state index in [1.165, 1.54) is 0 Å². The fraction of sp³-hybridized carbons (Fsp3) is 0.800. The summed E-state index contributed by atoms with van der Waals surface area (Å²) in [5.74, 6) is -1.03. The van der Waals surface area contributed by atoms with Gasteiger partial charge in [0.25, 0.3) is 0 Å². The summed E-state index contributed by atoms with van der Waals surface area (Å²) >= 11 is 0. The minimum atomic E-state index is -0.725. The summed E-state index contributed by atoms with van der Waals surface area (Å²) in [6, 6.07) is 0. The zero-order valence-corrected chi connectivity index (χ0v) is 9.03. The maximum Gasteiger partial charge on any atom is 0.309 e. The maximum absolute atomic E-state index is 11.0. The van der Waals surface area contributed by atoms with Gasteiger partial charge in [0, 0.05) is 13.0 Å². The van der Waals surface area contributed by atoms with Crippen LogP contribution in [-0.4, -0.2) is 41.5 Å². The highest BCUT2D eigenvalue weighted by molar-refractivity contribution is 5.74. The summed E-state index contributed by atoms with van der Waals surface area (Å²) in [6.07, 6.45) is 1.63. The molecule has 0 spiro atoms. The van der Waals surface area contributed by atoms with Gasteiger partial charge in [-0.25, -0.2) is 0 Å². The Balaban J connectivity index is 2.35. The number of carboxylic acid groups (broad SMARTS) is 1. The molecule has 86 valence electrons. The van der Waals surface area contributed by atoms with Crippen LogP contribution in [0.25, 0.3) is 0 Å². The van der Waals surface area contributed by atoms with Crippen LogP contribution in [0.5, 0.6) is 0 Å². The van der Waals surface area contributed by atoms with Gasteiger partial charge >= 0.3 is 5.97 Å². The Hall–Kier alpha value is -1.10. The van der Waals surface area contributed by atoms with Crippen molar-refractivity contribution in [2.75, 3.05) is 19.6 Å². The van der Waals surface area contributed by atoms with Crippen molar-refractivity contribution in [2.45, 2.75) is 26.2 Å². The molecule has 1 aliphatic rings. The summed E-state index contributed by atoms with van der Waals surface area (Å²) in [5.41, 5.74) is 4.46. The Morgan fingerprint density at radius 1 is 1.40 bits per heavy atom. The third kappa shape index (κ3) is 3.20. The molecule has 0 bridgehead atoms. The van der Waals surface area contributed by atoms with Crippen LogP contribution in [0.4, 0.5) is 0 Å². The first-order valence-corrected chi connectivity index (χ1v) is 5.18. The number of primary amides is 1. The quantitative estimate of drug-likeness (QED) is 0.692. The number of carboxylic acids is 1. The largest absolute Gasteiger partial charge is 0.481 e. The van der Waals surface area contributed by atoms with Crippen molar-refractivity contribution in [2.24, 2.45) is 11.1 Å². The number of likely N-dealkylation sites (tertiary alicyclic amines) is 1. The van der Waals surface area contributed by atoms with Gasteiger partial charge in [-0.2, -0.15) is 0 Å². The van der Waals surface area contributed by atoms with Crippen molar-refractivity contribution in [3.8, 4) is 0 Å². The zero-order chi connectivity index (χ0) is 11.5. The number of hydrogen-bond donors (Lipinski definition) is 2. The number of aliphatic carboxylic acids is 1. The summed E-state index contributed by atoms with van der Waals surface area (Å²) in [4.78, 5) is 23.6. The predicted octanol–water partition coefficient (Wildman–Crippen LogP) is 0.0485. The third-order valence-corrected chi connectivity index (χ3v) is 3.15. The lowest BCUT2D eigenvalue weighted by Gasteiger charge is -2.36. The molecule has 0 aliphatic carbocycles. The Labute approximate surface area is 89.2 Å². The molecule has 3 N–H and O–H groups in total. The van der Waals surface area contributed by atoms with Crippen LogP contribution < -0.4 is 5.73 Å². The summed E-state index contributed by atoms with van der Waals surface area (Å²) in [5, 5.41) is 9.01. The molecule has 0 saturated carbocycles. The molecule has 5 nitrogen and oxygen atoms in total. The number of amides is 1. The normalized spacial score (nSPS) is 21.1. The van der Waals surface area contributed by atoms with E-state index in [2.05, 4.69) is 4.90 Å². The van der Waals surface area contributed by atoms with Gasteiger partial charge in [-0.05, 0) is 32.9 Å². The minimum Gasteiger partial charge on any atom is -0.481 e. The van der Waals surface area contributed by atoms with E-state index in [1.54, 1.807) is 6.92 Å². The number of carbonyl (C=O) groups excluding carboxylic acids is 1. The fourth-order valence-corrected chi connectivity index (χ4v) is 1.75. The first-order chi connectivity index (χ1) is 6.94. The molecule has 1 saturated heterocycles. The van der Waals surface area contributed by atoms with Crippen molar-refractivity contribution in [3.63, 3.8) is 0 Å². The summed E-state index contributed by atoms with van der Waals surface area (Å²) < 4.78 is 0. The van der Waals surface area contributed by atoms with E-state index < -0.39 is 11.4 Å². The topological polar surface area (TPSA) is 83.6 Å². The number of piperidine rings is 1. The number of carbonyl (C=O) groups is 2. The molecule has 1 aliphatic heterocycles. The smallest absolute Gasteiger partial charge is 0.309 e. The van der Waals surface area contributed by atoms with Crippen LogP contribution in [0.15, 0.2) is 0 Å². The van der Waals surface area contributed by atoms with Gasteiger partial charge in [0.05, 0.1) is 5.41 Å². The van der Waals surface area contributed by atoms with E-state index in [-0.39, 0.29) is 5.91 Å².